The highest BCUT2D eigenvalue weighted by Gasteiger charge is 2.22. The fraction of sp³-hybridized carbons (Fsp3) is 0.136. The molecular weight excluding hydrogens is 464 g/mol. The molecule has 0 bridgehead atoms. The Morgan fingerprint density at radius 3 is 2.41 bits per heavy atom. The van der Waals surface area contributed by atoms with Gasteiger partial charge in [0.2, 0.25) is 5.75 Å². The largest absolute Gasteiger partial charge is 0.504 e. The summed E-state index contributed by atoms with van der Waals surface area (Å²) in [6.45, 7) is 3.63. The number of benzene rings is 3. The van der Waals surface area contributed by atoms with Gasteiger partial charge in [0, 0.05) is 11.6 Å². The number of hydrazone groups is 1. The fourth-order valence-electron chi connectivity index (χ4n) is 3.08. The third kappa shape index (κ3) is 5.35. The van der Waals surface area contributed by atoms with Crippen molar-refractivity contribution in [2.24, 2.45) is 5.10 Å². The number of nitro benzene ring substituents is 1. The van der Waals surface area contributed by atoms with Crippen molar-refractivity contribution in [3.63, 3.8) is 0 Å². The number of aromatic hydroxyl groups is 2. The van der Waals surface area contributed by atoms with Crippen LogP contribution >= 0.6 is 0 Å². The number of nitro groups is 1. The van der Waals surface area contributed by atoms with Gasteiger partial charge < -0.3 is 14.9 Å². The number of phenolic OH excluding ortho intramolecular Hbond substituents is 2. The van der Waals surface area contributed by atoms with Crippen molar-refractivity contribution in [1.29, 1.82) is 0 Å². The highest BCUT2D eigenvalue weighted by atomic mass is 32.2. The highest BCUT2D eigenvalue weighted by Crippen LogP contribution is 2.36. The van der Waals surface area contributed by atoms with Crippen molar-refractivity contribution >= 4 is 33.3 Å². The molecule has 0 atom stereocenters. The van der Waals surface area contributed by atoms with E-state index in [1.54, 1.807) is 19.1 Å². The van der Waals surface area contributed by atoms with E-state index in [4.69, 9.17) is 4.74 Å². The van der Waals surface area contributed by atoms with Crippen LogP contribution in [0, 0.1) is 24.0 Å². The Labute approximate surface area is 195 Å². The van der Waals surface area contributed by atoms with Crippen molar-refractivity contribution in [1.82, 2.24) is 0 Å². The fourth-order valence-corrected chi connectivity index (χ4v) is 4.23. The maximum Gasteiger partial charge on any atom is 0.295 e. The number of sulfonamides is 1. The monoisotopic (exact) mass is 486 g/mol. The van der Waals surface area contributed by atoms with Crippen LogP contribution in [0.1, 0.15) is 16.7 Å². The van der Waals surface area contributed by atoms with Gasteiger partial charge in [-0.2, -0.15) is 5.10 Å². The molecule has 0 aliphatic rings. The van der Waals surface area contributed by atoms with Crippen molar-refractivity contribution < 1.29 is 28.3 Å². The minimum atomic E-state index is -4.09. The Morgan fingerprint density at radius 2 is 1.76 bits per heavy atom. The van der Waals surface area contributed by atoms with Gasteiger partial charge in [-0.15, -0.1) is 0 Å². The summed E-state index contributed by atoms with van der Waals surface area (Å²) in [5.74, 6) is -0.856. The molecule has 11 nitrogen and oxygen atoms in total. The van der Waals surface area contributed by atoms with E-state index < -0.39 is 32.1 Å². The van der Waals surface area contributed by atoms with Gasteiger partial charge in [0.15, 0.2) is 11.5 Å². The van der Waals surface area contributed by atoms with Gasteiger partial charge in [0.1, 0.15) is 5.69 Å². The van der Waals surface area contributed by atoms with Crippen molar-refractivity contribution in [3.8, 4) is 17.2 Å². The van der Waals surface area contributed by atoms with Gasteiger partial charge in [0.25, 0.3) is 15.7 Å². The molecule has 0 amide bonds. The number of nitrogens with one attached hydrogen (secondary N) is 2. The van der Waals surface area contributed by atoms with Gasteiger partial charge in [-0.3, -0.25) is 20.3 Å². The van der Waals surface area contributed by atoms with Gasteiger partial charge in [0.05, 0.1) is 28.8 Å². The quantitative estimate of drug-likeness (QED) is 0.161. The molecule has 0 radical (unpaired) electrons. The molecule has 34 heavy (non-hydrogen) atoms. The summed E-state index contributed by atoms with van der Waals surface area (Å²) in [5, 5.41) is 34.9. The van der Waals surface area contributed by atoms with Crippen LogP contribution in [0.5, 0.6) is 17.2 Å². The first-order chi connectivity index (χ1) is 16.0. The first-order valence-corrected chi connectivity index (χ1v) is 11.3. The zero-order valence-corrected chi connectivity index (χ0v) is 19.3. The summed E-state index contributed by atoms with van der Waals surface area (Å²) in [6.07, 6.45) is 1.23. The summed E-state index contributed by atoms with van der Waals surface area (Å²) in [4.78, 5) is 10.5. The van der Waals surface area contributed by atoms with Gasteiger partial charge in [-0.25, -0.2) is 8.42 Å². The lowest BCUT2D eigenvalue weighted by Gasteiger charge is -2.12. The number of hydrogen-bond acceptors (Lipinski definition) is 9. The Kier molecular flexibility index (Phi) is 6.92. The molecule has 0 aromatic heterocycles. The second-order valence-electron chi connectivity index (χ2n) is 7.32. The zero-order valence-electron chi connectivity index (χ0n) is 18.4. The minimum absolute atomic E-state index is 0.0123. The zero-order chi connectivity index (χ0) is 25.0. The topological polar surface area (TPSA) is 163 Å². The Hall–Kier alpha value is -4.32. The number of rotatable bonds is 8. The van der Waals surface area contributed by atoms with Crippen molar-refractivity contribution in [2.45, 2.75) is 18.7 Å². The van der Waals surface area contributed by atoms with Crippen LogP contribution in [0.15, 0.2) is 58.5 Å². The molecule has 178 valence electrons. The number of methoxy groups -OCH3 is 1. The highest BCUT2D eigenvalue weighted by molar-refractivity contribution is 7.92. The van der Waals surface area contributed by atoms with Crippen LogP contribution in [-0.2, 0) is 10.0 Å². The summed E-state index contributed by atoms with van der Waals surface area (Å²) < 4.78 is 33.0. The Morgan fingerprint density at radius 1 is 1.06 bits per heavy atom. The Balaban J connectivity index is 1.86. The average molecular weight is 487 g/mol. The number of hydrogen-bond donors (Lipinski definition) is 4. The summed E-state index contributed by atoms with van der Waals surface area (Å²) >= 11 is 0. The number of aryl methyl sites for hydroxylation is 2. The molecule has 0 aliphatic heterocycles. The third-order valence-electron chi connectivity index (χ3n) is 4.80. The molecule has 3 aromatic carbocycles. The summed E-state index contributed by atoms with van der Waals surface area (Å²) in [6, 6.07) is 11.2. The molecular formula is C22H22N4O7S. The summed E-state index contributed by atoms with van der Waals surface area (Å²) in [5.41, 5.74) is 4.30. The van der Waals surface area contributed by atoms with E-state index in [1.807, 2.05) is 13.0 Å². The molecule has 0 spiro atoms. The predicted molar refractivity (Wildman–Crippen MR) is 127 cm³/mol. The van der Waals surface area contributed by atoms with Crippen molar-refractivity contribution in [3.05, 3.63) is 75.3 Å². The number of phenols is 2. The molecule has 0 aliphatic carbocycles. The van der Waals surface area contributed by atoms with Crippen molar-refractivity contribution in [2.75, 3.05) is 17.3 Å². The number of ether oxygens (including phenoxy) is 1. The third-order valence-corrected chi connectivity index (χ3v) is 6.16. The van der Waals surface area contributed by atoms with Crippen LogP contribution < -0.4 is 14.9 Å². The lowest BCUT2D eigenvalue weighted by Crippen LogP contribution is -2.14. The molecule has 12 heteroatoms. The minimum Gasteiger partial charge on any atom is -0.504 e. The summed E-state index contributed by atoms with van der Waals surface area (Å²) in [7, 11) is -2.78. The lowest BCUT2D eigenvalue weighted by atomic mass is 10.1. The van der Waals surface area contributed by atoms with Crippen LogP contribution in [0.4, 0.5) is 17.1 Å². The van der Waals surface area contributed by atoms with Gasteiger partial charge >= 0.3 is 0 Å². The standard InChI is InChI=1S/C22H22N4O7S/c1-13-4-6-17(14(2)8-13)25-34(31,32)16-5-7-18(19(11-16)26(29)30)24-23-12-15-9-20(27)22(28)21(10-15)33-3/h4-12,24-25,27-28H,1-3H3/b23-12+. The van der Waals surface area contributed by atoms with Crippen LogP contribution in [0.3, 0.4) is 0 Å². The van der Waals surface area contributed by atoms with E-state index in [0.29, 0.717) is 16.8 Å². The van der Waals surface area contributed by atoms with E-state index in [9.17, 15) is 28.7 Å². The molecule has 4 N–H and O–H groups in total. The van der Waals surface area contributed by atoms with Gasteiger partial charge in [-0.1, -0.05) is 17.7 Å². The van der Waals surface area contributed by atoms with Crippen LogP contribution in [0.25, 0.3) is 0 Å². The second-order valence-corrected chi connectivity index (χ2v) is 9.00. The first-order valence-electron chi connectivity index (χ1n) is 9.79. The SMILES string of the molecule is COc1cc(/C=N/Nc2ccc(S(=O)(=O)Nc3ccc(C)cc3C)cc2[N+](=O)[O-])cc(O)c1O. The molecule has 0 heterocycles. The maximum atomic E-state index is 12.8. The Bertz CT molecular complexity index is 1390. The predicted octanol–water partition coefficient (Wildman–Crippen LogP) is 3.88. The van der Waals surface area contributed by atoms with E-state index in [-0.39, 0.29) is 16.3 Å². The molecule has 0 unspecified atom stereocenters. The average Bonchev–Trinajstić information content (AvgIpc) is 2.77. The number of anilines is 2. The second kappa shape index (κ2) is 9.67. The molecule has 3 aromatic rings. The van der Waals surface area contributed by atoms with E-state index in [1.165, 1.54) is 37.6 Å². The molecule has 3 rings (SSSR count). The smallest absolute Gasteiger partial charge is 0.295 e. The van der Waals surface area contributed by atoms with E-state index in [2.05, 4.69) is 15.2 Å². The first kappa shape index (κ1) is 24.3. The molecule has 0 fully saturated rings. The molecule has 0 saturated carbocycles. The van der Waals surface area contributed by atoms with Crippen LogP contribution in [-0.4, -0.2) is 36.9 Å². The van der Waals surface area contributed by atoms with Crippen LogP contribution in [0.2, 0.25) is 0 Å². The van der Waals surface area contributed by atoms with E-state index in [0.717, 1.165) is 11.6 Å². The normalized spacial score (nSPS) is 11.4. The lowest BCUT2D eigenvalue weighted by molar-refractivity contribution is -0.384. The van der Waals surface area contributed by atoms with Gasteiger partial charge in [-0.05, 0) is 49.7 Å². The van der Waals surface area contributed by atoms with E-state index >= 15 is 0 Å². The number of nitrogens with zero attached hydrogens (tertiary/aromatic N) is 2. The maximum absolute atomic E-state index is 12.8. The molecule has 0 saturated heterocycles.